The summed E-state index contributed by atoms with van der Waals surface area (Å²) in [6.07, 6.45) is 0. The molecule has 0 bridgehead atoms. The number of esters is 1. The van der Waals surface area contributed by atoms with E-state index in [0.717, 1.165) is 10.5 Å². The van der Waals surface area contributed by atoms with Crippen molar-refractivity contribution in [2.75, 3.05) is 7.11 Å². The summed E-state index contributed by atoms with van der Waals surface area (Å²) in [4.78, 5) is 12.8. The average Bonchev–Trinajstić information content (AvgIpc) is 2.29. The summed E-state index contributed by atoms with van der Waals surface area (Å²) >= 11 is 7.96. The molecule has 0 aromatic heterocycles. The van der Waals surface area contributed by atoms with E-state index in [9.17, 15) is 4.79 Å². The van der Waals surface area contributed by atoms with Crippen molar-refractivity contribution in [3.05, 3.63) is 28.8 Å². The van der Waals surface area contributed by atoms with Gasteiger partial charge in [-0.1, -0.05) is 31.5 Å². The number of carbonyl (C=O) groups is 1. The van der Waals surface area contributed by atoms with Crippen LogP contribution in [0.2, 0.25) is 5.02 Å². The second-order valence-corrected chi connectivity index (χ2v) is 6.95. The van der Waals surface area contributed by atoms with Crippen molar-refractivity contribution in [2.24, 2.45) is 0 Å². The summed E-state index contributed by atoms with van der Waals surface area (Å²) in [5.74, 6) is -0.261. The molecule has 0 radical (unpaired) electrons. The number of methoxy groups -OCH3 is 1. The van der Waals surface area contributed by atoms with Gasteiger partial charge in [0.1, 0.15) is 0 Å². The highest BCUT2D eigenvalue weighted by Gasteiger charge is 2.31. The zero-order chi connectivity index (χ0) is 13.9. The molecule has 0 N–H and O–H groups in total. The van der Waals surface area contributed by atoms with Crippen LogP contribution in [0.3, 0.4) is 0 Å². The zero-order valence-corrected chi connectivity index (χ0v) is 13.0. The van der Waals surface area contributed by atoms with Gasteiger partial charge in [-0.2, -0.15) is 0 Å². The van der Waals surface area contributed by atoms with Gasteiger partial charge < -0.3 is 4.74 Å². The SMILES string of the molecule is COC(=O)C(C)(C)c1ccc(SC(C)C)c(Cl)c1. The molecule has 0 aliphatic heterocycles. The number of thioether (sulfide) groups is 1. The van der Waals surface area contributed by atoms with Gasteiger partial charge in [0.15, 0.2) is 0 Å². The molecule has 1 rings (SSSR count). The van der Waals surface area contributed by atoms with Gasteiger partial charge in [-0.05, 0) is 31.5 Å². The smallest absolute Gasteiger partial charge is 0.315 e. The van der Waals surface area contributed by atoms with Crippen molar-refractivity contribution in [3.8, 4) is 0 Å². The molecular weight excluding hydrogens is 268 g/mol. The first-order valence-corrected chi connectivity index (χ1v) is 7.10. The number of halogens is 1. The topological polar surface area (TPSA) is 26.3 Å². The largest absolute Gasteiger partial charge is 0.468 e. The van der Waals surface area contributed by atoms with E-state index in [0.29, 0.717) is 10.3 Å². The summed E-state index contributed by atoms with van der Waals surface area (Å²) < 4.78 is 4.82. The third-order valence-electron chi connectivity index (χ3n) is 2.71. The molecule has 0 aliphatic rings. The summed E-state index contributed by atoms with van der Waals surface area (Å²) in [6.45, 7) is 7.90. The van der Waals surface area contributed by atoms with E-state index in [4.69, 9.17) is 16.3 Å². The van der Waals surface area contributed by atoms with Gasteiger partial charge >= 0.3 is 5.97 Å². The van der Waals surface area contributed by atoms with Crippen LogP contribution in [-0.4, -0.2) is 18.3 Å². The molecule has 0 fully saturated rings. The molecule has 2 nitrogen and oxygen atoms in total. The van der Waals surface area contributed by atoms with Gasteiger partial charge in [-0.3, -0.25) is 4.79 Å². The van der Waals surface area contributed by atoms with E-state index in [1.165, 1.54) is 7.11 Å². The molecule has 0 saturated carbocycles. The maximum atomic E-state index is 11.7. The molecule has 18 heavy (non-hydrogen) atoms. The summed E-state index contributed by atoms with van der Waals surface area (Å²) in [5, 5.41) is 1.16. The van der Waals surface area contributed by atoms with Gasteiger partial charge in [0.25, 0.3) is 0 Å². The Bertz CT molecular complexity index is 441. The predicted molar refractivity (Wildman–Crippen MR) is 77.5 cm³/mol. The minimum atomic E-state index is -0.681. The Morgan fingerprint density at radius 3 is 2.44 bits per heavy atom. The van der Waals surface area contributed by atoms with Crippen LogP contribution in [0.5, 0.6) is 0 Å². The Kier molecular flexibility index (Phi) is 5.11. The Balaban J connectivity index is 3.07. The molecule has 0 heterocycles. The molecular formula is C14H19ClO2S. The number of hydrogen-bond donors (Lipinski definition) is 0. The summed E-state index contributed by atoms with van der Waals surface area (Å²) in [5.41, 5.74) is 0.187. The molecule has 1 aromatic carbocycles. The second-order valence-electron chi connectivity index (χ2n) is 4.93. The molecule has 0 unspecified atom stereocenters. The van der Waals surface area contributed by atoms with Crippen molar-refractivity contribution in [2.45, 2.75) is 43.3 Å². The van der Waals surface area contributed by atoms with E-state index in [-0.39, 0.29) is 5.97 Å². The van der Waals surface area contributed by atoms with Crippen LogP contribution in [-0.2, 0) is 14.9 Å². The van der Waals surface area contributed by atoms with Crippen molar-refractivity contribution in [3.63, 3.8) is 0 Å². The van der Waals surface area contributed by atoms with E-state index >= 15 is 0 Å². The fraction of sp³-hybridized carbons (Fsp3) is 0.500. The standard InChI is InChI=1S/C14H19ClO2S/c1-9(2)18-12-7-6-10(8-11(12)15)14(3,4)13(16)17-5/h6-9H,1-5H3. The van der Waals surface area contributed by atoms with Crippen molar-refractivity contribution in [1.29, 1.82) is 0 Å². The third-order valence-corrected chi connectivity index (χ3v) is 4.22. The monoisotopic (exact) mass is 286 g/mol. The quantitative estimate of drug-likeness (QED) is 0.610. The molecule has 0 saturated heterocycles. The zero-order valence-electron chi connectivity index (χ0n) is 11.4. The molecule has 0 atom stereocenters. The first kappa shape index (κ1) is 15.4. The predicted octanol–water partition coefficient (Wildman–Crippen LogP) is 4.29. The highest BCUT2D eigenvalue weighted by molar-refractivity contribution is 8.00. The number of ether oxygens (including phenoxy) is 1. The Morgan fingerprint density at radius 1 is 1.39 bits per heavy atom. The van der Waals surface area contributed by atoms with E-state index in [1.54, 1.807) is 11.8 Å². The molecule has 0 aliphatic carbocycles. The minimum Gasteiger partial charge on any atom is -0.468 e. The van der Waals surface area contributed by atoms with Crippen molar-refractivity contribution >= 4 is 29.3 Å². The van der Waals surface area contributed by atoms with E-state index in [2.05, 4.69) is 13.8 Å². The normalized spacial score (nSPS) is 11.7. The van der Waals surface area contributed by atoms with Crippen LogP contribution >= 0.6 is 23.4 Å². The van der Waals surface area contributed by atoms with Crippen LogP contribution < -0.4 is 0 Å². The van der Waals surface area contributed by atoms with Crippen LogP contribution in [0.25, 0.3) is 0 Å². The Labute approximate surface area is 118 Å². The number of carbonyl (C=O) groups excluding carboxylic acids is 1. The molecule has 4 heteroatoms. The Hall–Kier alpha value is -0.670. The number of benzene rings is 1. The highest BCUT2D eigenvalue weighted by atomic mass is 35.5. The van der Waals surface area contributed by atoms with E-state index < -0.39 is 5.41 Å². The minimum absolute atomic E-state index is 0.261. The molecule has 100 valence electrons. The maximum Gasteiger partial charge on any atom is 0.315 e. The van der Waals surface area contributed by atoms with Gasteiger partial charge in [0, 0.05) is 10.1 Å². The van der Waals surface area contributed by atoms with Gasteiger partial charge in [0.2, 0.25) is 0 Å². The van der Waals surface area contributed by atoms with Crippen LogP contribution in [0.1, 0.15) is 33.3 Å². The number of hydrogen-bond acceptors (Lipinski definition) is 3. The van der Waals surface area contributed by atoms with Gasteiger partial charge in [-0.25, -0.2) is 0 Å². The number of rotatable bonds is 4. The lowest BCUT2D eigenvalue weighted by Gasteiger charge is -2.22. The van der Waals surface area contributed by atoms with Gasteiger partial charge in [0.05, 0.1) is 17.5 Å². The maximum absolute atomic E-state index is 11.7. The highest BCUT2D eigenvalue weighted by Crippen LogP contribution is 2.34. The molecule has 0 spiro atoms. The lowest BCUT2D eigenvalue weighted by atomic mass is 9.85. The fourth-order valence-corrected chi connectivity index (χ4v) is 2.75. The van der Waals surface area contributed by atoms with Crippen LogP contribution in [0, 0.1) is 0 Å². The van der Waals surface area contributed by atoms with Crippen LogP contribution in [0.4, 0.5) is 0 Å². The fourth-order valence-electron chi connectivity index (χ4n) is 1.61. The second kappa shape index (κ2) is 5.98. The average molecular weight is 287 g/mol. The lowest BCUT2D eigenvalue weighted by molar-refractivity contribution is -0.146. The molecule has 0 amide bonds. The summed E-state index contributed by atoms with van der Waals surface area (Å²) in [7, 11) is 1.40. The first-order chi connectivity index (χ1) is 8.28. The first-order valence-electron chi connectivity index (χ1n) is 5.84. The summed E-state index contributed by atoms with van der Waals surface area (Å²) in [6, 6.07) is 5.75. The third kappa shape index (κ3) is 3.42. The van der Waals surface area contributed by atoms with Crippen molar-refractivity contribution < 1.29 is 9.53 Å². The van der Waals surface area contributed by atoms with Crippen LogP contribution in [0.15, 0.2) is 23.1 Å². The molecule has 1 aromatic rings. The van der Waals surface area contributed by atoms with E-state index in [1.807, 2.05) is 32.0 Å². The Morgan fingerprint density at radius 2 is 2.00 bits per heavy atom. The lowest BCUT2D eigenvalue weighted by Crippen LogP contribution is -2.30. The van der Waals surface area contributed by atoms with Crippen molar-refractivity contribution in [1.82, 2.24) is 0 Å². The van der Waals surface area contributed by atoms with Gasteiger partial charge in [-0.15, -0.1) is 11.8 Å².